The molecule has 2 amide bonds. The van der Waals surface area contributed by atoms with Crippen LogP contribution in [0, 0.1) is 0 Å². The predicted molar refractivity (Wildman–Crippen MR) is 114 cm³/mol. The van der Waals surface area contributed by atoms with Gasteiger partial charge in [-0.15, -0.1) is 0 Å². The smallest absolute Gasteiger partial charge is 0.305 e. The van der Waals surface area contributed by atoms with Crippen molar-refractivity contribution >= 4 is 17.8 Å². The van der Waals surface area contributed by atoms with Gasteiger partial charge in [0.25, 0.3) is 5.91 Å². The molecule has 1 aliphatic heterocycles. The van der Waals surface area contributed by atoms with E-state index in [1.165, 1.54) is 12.0 Å². The largest absolute Gasteiger partial charge is 0.493 e. The molecule has 2 aromatic rings. The Kier molecular flexibility index (Phi) is 7.19. The zero-order chi connectivity index (χ0) is 23.3. The fourth-order valence-electron chi connectivity index (χ4n) is 3.65. The van der Waals surface area contributed by atoms with Gasteiger partial charge in [0.2, 0.25) is 5.91 Å². The van der Waals surface area contributed by atoms with E-state index in [0.29, 0.717) is 28.4 Å². The van der Waals surface area contributed by atoms with Crippen LogP contribution in [0.5, 0.6) is 17.2 Å². The first-order chi connectivity index (χ1) is 15.4. The van der Waals surface area contributed by atoms with Crippen LogP contribution in [0.3, 0.4) is 0 Å². The van der Waals surface area contributed by atoms with Crippen LogP contribution in [-0.4, -0.2) is 50.1 Å². The van der Waals surface area contributed by atoms with E-state index in [1.54, 1.807) is 38.5 Å². The summed E-state index contributed by atoms with van der Waals surface area (Å²) in [5.74, 6) is 0.252. The molecular formula is C23H26N2O7. The van der Waals surface area contributed by atoms with Crippen molar-refractivity contribution in [1.82, 2.24) is 4.90 Å². The second-order valence-electron chi connectivity index (χ2n) is 7.23. The Labute approximate surface area is 186 Å². The summed E-state index contributed by atoms with van der Waals surface area (Å²) in [6.45, 7) is 0.400. The van der Waals surface area contributed by atoms with Gasteiger partial charge < -0.3 is 29.6 Å². The van der Waals surface area contributed by atoms with Gasteiger partial charge in [-0.05, 0) is 36.2 Å². The van der Waals surface area contributed by atoms with Crippen LogP contribution in [0.4, 0.5) is 0 Å². The van der Waals surface area contributed by atoms with Crippen molar-refractivity contribution < 1.29 is 33.3 Å². The minimum absolute atomic E-state index is 0.0209. The number of ether oxygens (including phenoxy) is 4. The summed E-state index contributed by atoms with van der Waals surface area (Å²) in [7, 11) is 4.39. The second-order valence-corrected chi connectivity index (χ2v) is 7.23. The number of methoxy groups -OCH3 is 3. The van der Waals surface area contributed by atoms with E-state index in [0.717, 1.165) is 5.56 Å². The van der Waals surface area contributed by atoms with Crippen LogP contribution in [0.2, 0.25) is 0 Å². The summed E-state index contributed by atoms with van der Waals surface area (Å²) in [4.78, 5) is 37.8. The lowest BCUT2D eigenvalue weighted by Gasteiger charge is -2.24. The minimum Gasteiger partial charge on any atom is -0.493 e. The Balaban J connectivity index is 1.77. The van der Waals surface area contributed by atoms with Crippen LogP contribution in [0.25, 0.3) is 0 Å². The molecule has 170 valence electrons. The number of fused-ring (bicyclic) bond motifs is 1. The summed E-state index contributed by atoms with van der Waals surface area (Å²) in [5, 5.41) is 0. The lowest BCUT2D eigenvalue weighted by molar-refractivity contribution is -0.141. The first-order valence-electron chi connectivity index (χ1n) is 10.0. The number of hydrogen-bond acceptors (Lipinski definition) is 7. The highest BCUT2D eigenvalue weighted by atomic mass is 16.5. The molecule has 9 nitrogen and oxygen atoms in total. The molecule has 0 aromatic heterocycles. The number of hydrogen-bond donors (Lipinski definition) is 1. The molecule has 0 fully saturated rings. The van der Waals surface area contributed by atoms with Crippen molar-refractivity contribution in [3.8, 4) is 17.2 Å². The molecule has 2 aromatic carbocycles. The summed E-state index contributed by atoms with van der Waals surface area (Å²) < 4.78 is 21.2. The van der Waals surface area contributed by atoms with Crippen molar-refractivity contribution in [2.24, 2.45) is 5.73 Å². The molecule has 0 saturated carbocycles. The van der Waals surface area contributed by atoms with Crippen LogP contribution in [0.15, 0.2) is 36.4 Å². The number of rotatable bonds is 10. The van der Waals surface area contributed by atoms with Gasteiger partial charge in [0.1, 0.15) is 18.4 Å². The van der Waals surface area contributed by atoms with E-state index >= 15 is 0 Å². The van der Waals surface area contributed by atoms with Gasteiger partial charge >= 0.3 is 5.97 Å². The van der Waals surface area contributed by atoms with Crippen LogP contribution in [-0.2, 0) is 27.5 Å². The maximum Gasteiger partial charge on any atom is 0.305 e. The first kappa shape index (κ1) is 22.9. The van der Waals surface area contributed by atoms with Crippen molar-refractivity contribution in [3.63, 3.8) is 0 Å². The molecule has 0 saturated heterocycles. The number of carbonyl (C=O) groups excluding carboxylic acids is 3. The van der Waals surface area contributed by atoms with Crippen molar-refractivity contribution in [1.29, 1.82) is 0 Å². The van der Waals surface area contributed by atoms with Gasteiger partial charge in [-0.2, -0.15) is 0 Å². The van der Waals surface area contributed by atoms with Gasteiger partial charge in [0.15, 0.2) is 11.5 Å². The van der Waals surface area contributed by atoms with Crippen LogP contribution in [0.1, 0.15) is 34.3 Å². The summed E-state index contributed by atoms with van der Waals surface area (Å²) in [6, 6.07) is 9.71. The van der Waals surface area contributed by atoms with E-state index in [2.05, 4.69) is 4.74 Å². The predicted octanol–water partition coefficient (Wildman–Crippen LogP) is 2.05. The molecule has 1 heterocycles. The molecule has 9 heteroatoms. The number of amides is 2. The number of esters is 1. The molecule has 2 N–H and O–H groups in total. The molecular weight excluding hydrogens is 416 g/mol. The minimum atomic E-state index is -0.923. The monoisotopic (exact) mass is 442 g/mol. The average molecular weight is 442 g/mol. The number of nitrogens with two attached hydrogens (primary N) is 1. The quantitative estimate of drug-likeness (QED) is 0.560. The van der Waals surface area contributed by atoms with Crippen LogP contribution < -0.4 is 19.9 Å². The molecule has 3 rings (SSSR count). The maximum absolute atomic E-state index is 13.0. The lowest BCUT2D eigenvalue weighted by atomic mass is 10.1. The van der Waals surface area contributed by atoms with Crippen molar-refractivity contribution in [3.05, 3.63) is 53.1 Å². The van der Waals surface area contributed by atoms with E-state index < -0.39 is 17.9 Å². The zero-order valence-corrected chi connectivity index (χ0v) is 18.3. The average Bonchev–Trinajstić information content (AvgIpc) is 3.13. The number of nitrogens with zero attached hydrogens (tertiary/aromatic N) is 1. The third-order valence-corrected chi connectivity index (χ3v) is 5.35. The molecule has 32 heavy (non-hydrogen) atoms. The van der Waals surface area contributed by atoms with Gasteiger partial charge in [0.05, 0.1) is 27.9 Å². The molecule has 0 bridgehead atoms. The standard InChI is InChI=1S/C23H26N2O7/c1-29-19-9-7-14(11-20(19)30-2)13-32-18-6-4-5-15-16(18)12-25(23(15)28)17(22(24)27)8-10-21(26)31-3/h4-7,9,11,17H,8,10,12-13H2,1-3H3,(H2,24,27). The van der Waals surface area contributed by atoms with Gasteiger partial charge in [-0.3, -0.25) is 14.4 Å². The van der Waals surface area contributed by atoms with E-state index in [-0.39, 0.29) is 31.9 Å². The molecule has 0 radical (unpaired) electrons. The van der Waals surface area contributed by atoms with E-state index in [4.69, 9.17) is 19.9 Å². The molecule has 0 aliphatic carbocycles. The molecule has 1 atom stereocenters. The summed E-state index contributed by atoms with van der Waals surface area (Å²) in [5.41, 5.74) is 7.50. The molecule has 0 spiro atoms. The highest BCUT2D eigenvalue weighted by Gasteiger charge is 2.37. The van der Waals surface area contributed by atoms with Gasteiger partial charge in [-0.25, -0.2) is 0 Å². The zero-order valence-electron chi connectivity index (χ0n) is 18.3. The second kappa shape index (κ2) is 10.0. The Morgan fingerprint density at radius 3 is 2.47 bits per heavy atom. The Morgan fingerprint density at radius 2 is 1.81 bits per heavy atom. The number of primary amides is 1. The highest BCUT2D eigenvalue weighted by molar-refractivity contribution is 6.01. The Morgan fingerprint density at radius 1 is 1.06 bits per heavy atom. The normalized spacial score (nSPS) is 13.3. The topological polar surface area (TPSA) is 117 Å². The van der Waals surface area contributed by atoms with Gasteiger partial charge in [-0.1, -0.05) is 12.1 Å². The number of carbonyl (C=O) groups is 3. The Hall–Kier alpha value is -3.75. The third kappa shape index (κ3) is 4.77. The third-order valence-electron chi connectivity index (χ3n) is 5.35. The highest BCUT2D eigenvalue weighted by Crippen LogP contribution is 2.34. The SMILES string of the molecule is COC(=O)CCC(C(N)=O)N1Cc2c(OCc3ccc(OC)c(OC)c3)cccc2C1=O. The fourth-order valence-corrected chi connectivity index (χ4v) is 3.65. The summed E-state index contributed by atoms with van der Waals surface area (Å²) in [6.07, 6.45) is 0.0659. The Bertz CT molecular complexity index is 1020. The van der Waals surface area contributed by atoms with Crippen molar-refractivity contribution in [2.75, 3.05) is 21.3 Å². The number of benzene rings is 2. The van der Waals surface area contributed by atoms with Crippen LogP contribution >= 0.6 is 0 Å². The first-order valence-corrected chi connectivity index (χ1v) is 10.0. The molecule has 1 unspecified atom stereocenters. The molecule has 1 aliphatic rings. The van der Waals surface area contributed by atoms with E-state index in [1.807, 2.05) is 12.1 Å². The van der Waals surface area contributed by atoms with E-state index in [9.17, 15) is 14.4 Å². The van der Waals surface area contributed by atoms with Gasteiger partial charge in [0, 0.05) is 17.5 Å². The summed E-state index contributed by atoms with van der Waals surface area (Å²) >= 11 is 0. The maximum atomic E-state index is 13.0. The lowest BCUT2D eigenvalue weighted by Crippen LogP contribution is -2.45. The van der Waals surface area contributed by atoms with Crippen molar-refractivity contribution in [2.45, 2.75) is 32.0 Å². The fraction of sp³-hybridized carbons (Fsp3) is 0.348.